The van der Waals surface area contributed by atoms with E-state index in [4.69, 9.17) is 5.73 Å². The number of rotatable bonds is 3. The first kappa shape index (κ1) is 9.34. The zero-order chi connectivity index (χ0) is 8.20. The Bertz CT molecular complexity index is 207. The summed E-state index contributed by atoms with van der Waals surface area (Å²) in [5.74, 6) is -0.939. The number of nitrogens with two attached hydrogens (primary N) is 1. The van der Waals surface area contributed by atoms with Crippen LogP contribution < -0.4 is 5.73 Å². The summed E-state index contributed by atoms with van der Waals surface area (Å²) < 4.78 is 23.8. The van der Waals surface area contributed by atoms with E-state index >= 15 is 0 Å². The fourth-order valence-corrected chi connectivity index (χ4v) is 0.333. The summed E-state index contributed by atoms with van der Waals surface area (Å²) in [5, 5.41) is 0. The molecule has 0 unspecified atom stereocenters. The molecule has 0 aliphatic rings. The minimum Gasteiger partial charge on any atom is -0.321 e. The molecule has 6 nitrogen and oxygen atoms in total. The van der Waals surface area contributed by atoms with Gasteiger partial charge >= 0.3 is 5.97 Å². The Balaban J connectivity index is 3.67. The second-order valence-corrected chi connectivity index (χ2v) is 2.98. The average Bonchev–Trinajstić information content (AvgIpc) is 1.81. The van der Waals surface area contributed by atoms with Crippen LogP contribution in [0.15, 0.2) is 0 Å². The molecule has 0 fully saturated rings. The van der Waals surface area contributed by atoms with Gasteiger partial charge in [-0.3, -0.25) is 4.89 Å². The molecule has 0 heterocycles. The van der Waals surface area contributed by atoms with Gasteiger partial charge in [-0.1, -0.05) is 4.33 Å². The maximum absolute atomic E-state index is 10.1. The summed E-state index contributed by atoms with van der Waals surface area (Å²) in [5.41, 5.74) is 4.75. The van der Waals surface area contributed by atoms with Crippen molar-refractivity contribution in [2.45, 2.75) is 0 Å². The Kier molecular flexibility index (Phi) is 3.26. The second kappa shape index (κ2) is 3.49. The van der Waals surface area contributed by atoms with Crippen LogP contribution in [0.3, 0.4) is 0 Å². The maximum Gasteiger partial charge on any atom is 0.357 e. The van der Waals surface area contributed by atoms with Gasteiger partial charge < -0.3 is 5.73 Å². The first-order valence-electron chi connectivity index (χ1n) is 2.24. The lowest BCUT2D eigenvalue weighted by Crippen LogP contribution is -2.18. The minimum absolute atomic E-state index is 0.421. The fourth-order valence-electron chi connectivity index (χ4n) is 0.134. The van der Waals surface area contributed by atoms with Gasteiger partial charge in [0.05, 0.1) is 12.8 Å². The van der Waals surface area contributed by atoms with Gasteiger partial charge in [0, 0.05) is 0 Å². The summed E-state index contributed by atoms with van der Waals surface area (Å²) in [6, 6.07) is 0. The summed E-state index contributed by atoms with van der Waals surface area (Å²) in [4.78, 5) is 13.8. The predicted octanol–water partition coefficient (Wildman–Crippen LogP) is -1.62. The van der Waals surface area contributed by atoms with Gasteiger partial charge in [-0.05, 0) is 0 Å². The minimum atomic E-state index is -3.73. The van der Waals surface area contributed by atoms with E-state index in [0.29, 0.717) is 0 Å². The normalized spacial score (nSPS) is 11.0. The fraction of sp³-hybridized carbons (Fsp3) is 0.667. The summed E-state index contributed by atoms with van der Waals surface area (Å²) in [6.45, 7) is -0.421. The van der Waals surface area contributed by atoms with E-state index < -0.39 is 22.6 Å². The van der Waals surface area contributed by atoms with E-state index in [1.165, 1.54) is 0 Å². The number of carbonyl (C=O) groups is 1. The zero-order valence-electron chi connectivity index (χ0n) is 5.23. The van der Waals surface area contributed by atoms with Crippen molar-refractivity contribution in [3.63, 3.8) is 0 Å². The third-order valence-corrected chi connectivity index (χ3v) is 0.732. The molecule has 60 valence electrons. The first-order valence-corrected chi connectivity index (χ1v) is 4.06. The van der Waals surface area contributed by atoms with E-state index in [2.05, 4.69) is 9.22 Å². The summed E-state index contributed by atoms with van der Waals surface area (Å²) in [6.07, 6.45) is 0.747. The Hall–Kier alpha value is -0.660. The lowest BCUT2D eigenvalue weighted by molar-refractivity contribution is -0.209. The molecule has 0 aromatic heterocycles. The molecule has 10 heavy (non-hydrogen) atoms. The van der Waals surface area contributed by atoms with E-state index in [1.807, 2.05) is 0 Å². The summed E-state index contributed by atoms with van der Waals surface area (Å²) >= 11 is 0. The largest absolute Gasteiger partial charge is 0.357 e. The van der Waals surface area contributed by atoms with Crippen LogP contribution in [-0.2, 0) is 24.1 Å². The molecule has 0 rings (SSSR count). The third-order valence-electron chi connectivity index (χ3n) is 0.417. The van der Waals surface area contributed by atoms with Gasteiger partial charge in [0.2, 0.25) is 0 Å². The van der Waals surface area contributed by atoms with Crippen molar-refractivity contribution in [2.24, 2.45) is 5.73 Å². The molecule has 0 aliphatic carbocycles. The van der Waals surface area contributed by atoms with Crippen LogP contribution in [0.2, 0.25) is 0 Å². The Labute approximate surface area is 58.0 Å². The van der Waals surface area contributed by atoms with Gasteiger partial charge in [0.1, 0.15) is 0 Å². The Morgan fingerprint density at radius 3 is 2.40 bits per heavy atom. The monoisotopic (exact) mass is 169 g/mol. The van der Waals surface area contributed by atoms with E-state index in [9.17, 15) is 13.2 Å². The quantitative estimate of drug-likeness (QED) is 0.403. The topological polar surface area (TPSA) is 95.7 Å². The van der Waals surface area contributed by atoms with Gasteiger partial charge in [0.15, 0.2) is 0 Å². The third kappa shape index (κ3) is 5.48. The Morgan fingerprint density at radius 2 is 2.10 bits per heavy atom. The second-order valence-electron chi connectivity index (χ2n) is 1.43. The van der Waals surface area contributed by atoms with E-state index in [-0.39, 0.29) is 0 Å². The molecule has 0 spiro atoms. The molecule has 0 saturated carbocycles. The molecular weight excluding hydrogens is 162 g/mol. The number of hydrogen-bond donors (Lipinski definition) is 1. The van der Waals surface area contributed by atoms with Crippen LogP contribution in [-0.4, -0.2) is 27.2 Å². The van der Waals surface area contributed by atoms with E-state index in [1.54, 1.807) is 0 Å². The van der Waals surface area contributed by atoms with Crippen molar-refractivity contribution in [1.82, 2.24) is 0 Å². The summed E-state index contributed by atoms with van der Waals surface area (Å²) in [7, 11) is -3.73. The van der Waals surface area contributed by atoms with Gasteiger partial charge in [-0.15, -0.1) is 0 Å². The molecule has 0 bridgehead atoms. The standard InChI is InChI=1S/C3H7NO5S/c1-10(6,7)9-8-3(5)2-4/h2,4H2,1H3. The van der Waals surface area contributed by atoms with Crippen molar-refractivity contribution < 1.29 is 22.4 Å². The zero-order valence-corrected chi connectivity index (χ0v) is 6.05. The highest BCUT2D eigenvalue weighted by Gasteiger charge is 2.06. The van der Waals surface area contributed by atoms with Crippen molar-refractivity contribution in [2.75, 3.05) is 12.8 Å². The highest BCUT2D eigenvalue weighted by atomic mass is 32.2. The average molecular weight is 169 g/mol. The van der Waals surface area contributed by atoms with Crippen molar-refractivity contribution in [1.29, 1.82) is 0 Å². The van der Waals surface area contributed by atoms with Crippen LogP contribution in [0.25, 0.3) is 0 Å². The molecule has 0 radical (unpaired) electrons. The van der Waals surface area contributed by atoms with E-state index in [0.717, 1.165) is 6.26 Å². The smallest absolute Gasteiger partial charge is 0.321 e. The molecule has 0 aliphatic heterocycles. The van der Waals surface area contributed by atoms with Gasteiger partial charge in [-0.25, -0.2) is 4.79 Å². The number of carbonyl (C=O) groups excluding carboxylic acids is 1. The van der Waals surface area contributed by atoms with Crippen LogP contribution in [0.1, 0.15) is 0 Å². The molecule has 0 amide bonds. The van der Waals surface area contributed by atoms with Crippen LogP contribution in [0.5, 0.6) is 0 Å². The van der Waals surface area contributed by atoms with Crippen molar-refractivity contribution in [3.8, 4) is 0 Å². The lowest BCUT2D eigenvalue weighted by Gasteiger charge is -1.96. The SMILES string of the molecule is CS(=O)(=O)OOC(=O)CN. The molecule has 7 heteroatoms. The van der Waals surface area contributed by atoms with Gasteiger partial charge in [0.25, 0.3) is 10.1 Å². The molecule has 0 saturated heterocycles. The van der Waals surface area contributed by atoms with Gasteiger partial charge in [-0.2, -0.15) is 8.42 Å². The first-order chi connectivity index (χ1) is 4.45. The molecule has 0 aromatic rings. The highest BCUT2D eigenvalue weighted by molar-refractivity contribution is 7.85. The molecule has 0 atom stereocenters. The predicted molar refractivity (Wildman–Crippen MR) is 31.1 cm³/mol. The Morgan fingerprint density at radius 1 is 1.60 bits per heavy atom. The number of hydrogen-bond acceptors (Lipinski definition) is 6. The van der Waals surface area contributed by atoms with Crippen LogP contribution in [0.4, 0.5) is 0 Å². The van der Waals surface area contributed by atoms with Crippen molar-refractivity contribution in [3.05, 3.63) is 0 Å². The molecule has 0 aromatic carbocycles. The van der Waals surface area contributed by atoms with Crippen LogP contribution in [0, 0.1) is 0 Å². The molecular formula is C3H7NO5S. The molecule has 2 N–H and O–H groups in total. The maximum atomic E-state index is 10.1. The highest BCUT2D eigenvalue weighted by Crippen LogP contribution is 1.87. The lowest BCUT2D eigenvalue weighted by atomic mass is 10.7. The van der Waals surface area contributed by atoms with Crippen LogP contribution >= 0.6 is 0 Å². The van der Waals surface area contributed by atoms with Crippen molar-refractivity contribution >= 4 is 16.1 Å².